The van der Waals surface area contributed by atoms with Crippen molar-refractivity contribution < 1.29 is 4.79 Å². The first-order valence-electron chi connectivity index (χ1n) is 4.06. The summed E-state index contributed by atoms with van der Waals surface area (Å²) < 4.78 is 0. The van der Waals surface area contributed by atoms with Gasteiger partial charge in [0.2, 0.25) is 5.91 Å². The van der Waals surface area contributed by atoms with Gasteiger partial charge in [0.15, 0.2) is 0 Å². The van der Waals surface area contributed by atoms with Crippen LogP contribution in [0.5, 0.6) is 0 Å². The molecule has 0 saturated heterocycles. The fraction of sp³-hybridized carbons (Fsp3) is 0.750. The van der Waals surface area contributed by atoms with Crippen molar-refractivity contribution >= 4 is 23.1 Å². The quantitative estimate of drug-likeness (QED) is 0.524. The summed E-state index contributed by atoms with van der Waals surface area (Å²) in [6, 6.07) is 0. The third kappa shape index (κ3) is 3.67. The van der Waals surface area contributed by atoms with Gasteiger partial charge in [-0.15, -0.1) is 0 Å². The molecule has 0 aliphatic rings. The van der Waals surface area contributed by atoms with Gasteiger partial charge in [-0.3, -0.25) is 15.2 Å². The lowest BCUT2D eigenvalue weighted by Crippen LogP contribution is -2.43. The van der Waals surface area contributed by atoms with Crippen LogP contribution in [0.3, 0.4) is 0 Å². The third-order valence-corrected chi connectivity index (χ3v) is 2.18. The predicted molar refractivity (Wildman–Crippen MR) is 53.6 cm³/mol. The van der Waals surface area contributed by atoms with E-state index in [0.29, 0.717) is 6.42 Å². The first-order chi connectivity index (χ1) is 5.49. The van der Waals surface area contributed by atoms with E-state index in [0.717, 1.165) is 4.99 Å². The van der Waals surface area contributed by atoms with Gasteiger partial charge in [-0.05, 0) is 0 Å². The molecule has 1 N–H and O–H groups in total. The Morgan fingerprint density at radius 3 is 2.42 bits per heavy atom. The maximum Gasteiger partial charge on any atom is 0.238 e. The molecule has 0 unspecified atom stereocenters. The summed E-state index contributed by atoms with van der Waals surface area (Å²) in [6.07, 6.45) is 0.477. The zero-order chi connectivity index (χ0) is 9.72. The molecule has 1 amide bonds. The largest absolute Gasteiger partial charge is 0.282 e. The van der Waals surface area contributed by atoms with Crippen LogP contribution in [-0.4, -0.2) is 23.0 Å². The van der Waals surface area contributed by atoms with Crippen LogP contribution in [0.2, 0.25) is 0 Å². The van der Waals surface area contributed by atoms with Crippen molar-refractivity contribution in [3.8, 4) is 0 Å². The molecule has 0 aromatic carbocycles. The molecule has 0 saturated carbocycles. The van der Waals surface area contributed by atoms with E-state index in [1.165, 1.54) is 0 Å². The first kappa shape index (κ1) is 11.4. The SMILES string of the molecule is CCC(=O)NN(C)C(=S)C(C)C. The van der Waals surface area contributed by atoms with Gasteiger partial charge in [-0.1, -0.05) is 33.0 Å². The van der Waals surface area contributed by atoms with Gasteiger partial charge in [0.1, 0.15) is 0 Å². The van der Waals surface area contributed by atoms with E-state index in [1.807, 2.05) is 20.8 Å². The molecule has 3 nitrogen and oxygen atoms in total. The van der Waals surface area contributed by atoms with Crippen LogP contribution in [0.4, 0.5) is 0 Å². The molecule has 70 valence electrons. The average molecular weight is 188 g/mol. The number of nitrogens with zero attached hydrogens (tertiary/aromatic N) is 1. The zero-order valence-electron chi connectivity index (χ0n) is 8.05. The number of hydrogen-bond acceptors (Lipinski definition) is 2. The van der Waals surface area contributed by atoms with Gasteiger partial charge in [0.05, 0.1) is 4.99 Å². The van der Waals surface area contributed by atoms with Gasteiger partial charge in [-0.25, -0.2) is 0 Å². The Kier molecular flexibility index (Phi) is 4.81. The number of carbonyl (C=O) groups is 1. The standard InChI is InChI=1S/C8H16N2OS/c1-5-7(11)9-10(4)8(12)6(2)3/h6H,5H2,1-4H3,(H,9,11). The zero-order valence-corrected chi connectivity index (χ0v) is 8.86. The number of rotatable bonds is 2. The van der Waals surface area contributed by atoms with Crippen molar-refractivity contribution in [3.05, 3.63) is 0 Å². The number of hydrazine groups is 1. The van der Waals surface area contributed by atoms with Crippen molar-refractivity contribution in [1.82, 2.24) is 10.4 Å². The Labute approximate surface area is 79.1 Å². The fourth-order valence-corrected chi connectivity index (χ4v) is 0.754. The molecule has 0 aliphatic carbocycles. The number of nitrogens with one attached hydrogen (secondary N) is 1. The summed E-state index contributed by atoms with van der Waals surface area (Å²) in [5, 5.41) is 1.60. The lowest BCUT2D eigenvalue weighted by Gasteiger charge is -2.22. The van der Waals surface area contributed by atoms with Crippen LogP contribution in [0.1, 0.15) is 27.2 Å². The minimum absolute atomic E-state index is 0.0134. The van der Waals surface area contributed by atoms with Crippen molar-refractivity contribution in [3.63, 3.8) is 0 Å². The Morgan fingerprint density at radius 2 is 2.08 bits per heavy atom. The highest BCUT2D eigenvalue weighted by molar-refractivity contribution is 7.80. The molecule has 0 spiro atoms. The Morgan fingerprint density at radius 1 is 1.58 bits per heavy atom. The molecule has 0 fully saturated rings. The molecule has 0 atom stereocenters. The van der Waals surface area contributed by atoms with E-state index in [4.69, 9.17) is 12.2 Å². The van der Waals surface area contributed by atoms with Crippen molar-refractivity contribution in [1.29, 1.82) is 0 Å². The molecule has 4 heteroatoms. The summed E-state index contributed by atoms with van der Waals surface area (Å²) in [4.78, 5) is 11.7. The van der Waals surface area contributed by atoms with Crippen LogP contribution in [0.25, 0.3) is 0 Å². The lowest BCUT2D eigenvalue weighted by atomic mass is 10.2. The Bertz CT molecular complexity index is 180. The van der Waals surface area contributed by atoms with Gasteiger partial charge < -0.3 is 0 Å². The smallest absolute Gasteiger partial charge is 0.238 e. The highest BCUT2D eigenvalue weighted by Gasteiger charge is 2.09. The van der Waals surface area contributed by atoms with E-state index in [1.54, 1.807) is 12.1 Å². The van der Waals surface area contributed by atoms with Crippen LogP contribution in [0, 0.1) is 5.92 Å². The van der Waals surface area contributed by atoms with Crippen LogP contribution in [0.15, 0.2) is 0 Å². The summed E-state index contributed by atoms with van der Waals surface area (Å²) in [6.45, 7) is 5.80. The van der Waals surface area contributed by atoms with Gasteiger partial charge in [0.25, 0.3) is 0 Å². The first-order valence-corrected chi connectivity index (χ1v) is 4.46. The average Bonchev–Trinajstić information content (AvgIpc) is 2.02. The third-order valence-electron chi connectivity index (χ3n) is 1.44. The van der Waals surface area contributed by atoms with Crippen molar-refractivity contribution in [2.75, 3.05) is 7.05 Å². The highest BCUT2D eigenvalue weighted by atomic mass is 32.1. The van der Waals surface area contributed by atoms with E-state index in [9.17, 15) is 4.79 Å². The molecule has 0 radical (unpaired) electrons. The molecule has 0 bridgehead atoms. The van der Waals surface area contributed by atoms with Crippen molar-refractivity contribution in [2.45, 2.75) is 27.2 Å². The van der Waals surface area contributed by atoms with E-state index >= 15 is 0 Å². The van der Waals surface area contributed by atoms with Crippen molar-refractivity contribution in [2.24, 2.45) is 5.92 Å². The molecule has 0 aromatic rings. The molecule has 0 heterocycles. The van der Waals surface area contributed by atoms with Gasteiger partial charge in [-0.2, -0.15) is 0 Å². The normalized spacial score (nSPS) is 9.75. The minimum Gasteiger partial charge on any atom is -0.282 e. The molecule has 12 heavy (non-hydrogen) atoms. The second-order valence-electron chi connectivity index (χ2n) is 2.94. The molecule has 0 aromatic heterocycles. The summed E-state index contributed by atoms with van der Waals surface area (Å²) in [5.74, 6) is 0.266. The van der Waals surface area contributed by atoms with E-state index < -0.39 is 0 Å². The molecular formula is C8H16N2OS. The second kappa shape index (κ2) is 5.09. The second-order valence-corrected chi connectivity index (χ2v) is 3.36. The number of thiocarbonyl (C=S) groups is 1. The summed E-state index contributed by atoms with van der Waals surface area (Å²) in [5.41, 5.74) is 2.66. The summed E-state index contributed by atoms with van der Waals surface area (Å²) in [7, 11) is 1.76. The topological polar surface area (TPSA) is 32.3 Å². The Hall–Kier alpha value is -0.640. The van der Waals surface area contributed by atoms with E-state index in [-0.39, 0.29) is 11.8 Å². The Balaban J connectivity index is 3.95. The molecule has 0 aliphatic heterocycles. The van der Waals surface area contributed by atoms with Crippen LogP contribution in [-0.2, 0) is 4.79 Å². The maximum atomic E-state index is 10.9. The maximum absolute atomic E-state index is 10.9. The molecule has 0 rings (SSSR count). The fourth-order valence-electron chi connectivity index (χ4n) is 0.709. The van der Waals surface area contributed by atoms with Crippen LogP contribution >= 0.6 is 12.2 Å². The summed E-state index contributed by atoms with van der Waals surface area (Å²) >= 11 is 5.08. The number of hydrogen-bond donors (Lipinski definition) is 1. The van der Waals surface area contributed by atoms with Gasteiger partial charge >= 0.3 is 0 Å². The number of amides is 1. The highest BCUT2D eigenvalue weighted by Crippen LogP contribution is 1.99. The lowest BCUT2D eigenvalue weighted by molar-refractivity contribution is -0.123. The monoisotopic (exact) mass is 188 g/mol. The predicted octanol–water partition coefficient (Wildman–Crippen LogP) is 1.34. The van der Waals surface area contributed by atoms with Gasteiger partial charge in [0, 0.05) is 19.4 Å². The molecular weight excluding hydrogens is 172 g/mol. The van der Waals surface area contributed by atoms with Crippen LogP contribution < -0.4 is 5.43 Å². The number of carbonyl (C=O) groups excluding carboxylic acids is 1. The minimum atomic E-state index is -0.0134. The van der Waals surface area contributed by atoms with E-state index in [2.05, 4.69) is 5.43 Å².